The van der Waals surface area contributed by atoms with E-state index in [2.05, 4.69) is 0 Å². The van der Waals surface area contributed by atoms with Gasteiger partial charge in [0.25, 0.3) is 0 Å². The van der Waals surface area contributed by atoms with Crippen LogP contribution >= 0.6 is 0 Å². The first-order valence-electron chi connectivity index (χ1n) is 3.23. The van der Waals surface area contributed by atoms with E-state index in [4.69, 9.17) is 8.85 Å². The topological polar surface area (TPSA) is 58.6 Å². The molecule has 0 rings (SSSR count). The van der Waals surface area contributed by atoms with Crippen LogP contribution in [0.5, 0.6) is 0 Å². The summed E-state index contributed by atoms with van der Waals surface area (Å²) in [5.41, 5.74) is 0. The van der Waals surface area contributed by atoms with E-state index in [1.54, 1.807) is 13.8 Å². The van der Waals surface area contributed by atoms with Gasteiger partial charge in [-0.15, -0.1) is 0 Å². The Morgan fingerprint density at radius 1 is 1.33 bits per heavy atom. The van der Waals surface area contributed by atoms with Crippen LogP contribution in [0.1, 0.15) is 13.8 Å². The molecular weight excluding hydrogens is 187 g/mol. The van der Waals surface area contributed by atoms with Gasteiger partial charge in [-0.3, -0.25) is 0 Å². The van der Waals surface area contributed by atoms with E-state index >= 15 is 0 Å². The van der Waals surface area contributed by atoms with Gasteiger partial charge in [-0.05, 0) is 0 Å². The monoisotopic (exact) mass is 200 g/mol. The third kappa shape index (κ3) is 3.55. The Labute approximate surface area is 96.4 Å². The molecule has 0 aliphatic heterocycles. The molecule has 4 nitrogen and oxygen atoms in total. The van der Waals surface area contributed by atoms with Gasteiger partial charge in [0, 0.05) is 25.2 Å². The maximum absolute atomic E-state index is 10.5. The number of aliphatic carboxylic acids is 1. The first-order chi connectivity index (χ1) is 4.96. The molecule has 0 N–H and O–H groups in total. The number of carboxylic acid groups (broad SMARTS) is 1. The van der Waals surface area contributed by atoms with E-state index in [0.29, 0.717) is 0 Å². The van der Waals surface area contributed by atoms with Gasteiger partial charge in [-0.2, -0.15) is 0 Å². The molecule has 12 heavy (non-hydrogen) atoms. The molecule has 0 atom stereocenters. The van der Waals surface area contributed by atoms with Crippen molar-refractivity contribution in [2.45, 2.75) is 18.9 Å². The van der Waals surface area contributed by atoms with Gasteiger partial charge in [-0.1, -0.05) is 13.8 Å². The summed E-state index contributed by atoms with van der Waals surface area (Å²) in [7, 11) is 0.778. The molecule has 0 radical (unpaired) electrons. The Bertz CT molecular complexity index is 146. The van der Waals surface area contributed by atoms with E-state index in [0.717, 1.165) is 0 Å². The predicted molar refractivity (Wildman–Crippen MR) is 40.2 cm³/mol. The van der Waals surface area contributed by atoms with Crippen LogP contribution in [-0.4, -0.2) is 29.5 Å². The second kappa shape index (κ2) is 6.12. The average molecular weight is 200 g/mol. The molecular formula is C6H13NaO4Si. The molecule has 0 amide bonds. The fraction of sp³-hybridized carbons (Fsp3) is 0.833. The van der Waals surface area contributed by atoms with Crippen LogP contribution in [0.25, 0.3) is 0 Å². The van der Waals surface area contributed by atoms with Gasteiger partial charge in [0.2, 0.25) is 0 Å². The van der Waals surface area contributed by atoms with E-state index in [-0.39, 0.29) is 29.6 Å². The second-order valence-electron chi connectivity index (χ2n) is 2.81. The summed E-state index contributed by atoms with van der Waals surface area (Å²) in [6.07, 6.45) is 0. The van der Waals surface area contributed by atoms with Gasteiger partial charge in [0.15, 0.2) is 0 Å². The molecule has 0 fully saturated rings. The number of rotatable bonds is 4. The Kier molecular flexibility index (Phi) is 7.70. The van der Waals surface area contributed by atoms with E-state index in [9.17, 15) is 9.90 Å². The van der Waals surface area contributed by atoms with E-state index in [1.165, 1.54) is 14.2 Å². The van der Waals surface area contributed by atoms with Crippen molar-refractivity contribution in [1.29, 1.82) is 0 Å². The van der Waals surface area contributed by atoms with Crippen LogP contribution in [0.3, 0.4) is 0 Å². The molecule has 0 heterocycles. The minimum absolute atomic E-state index is 0. The van der Waals surface area contributed by atoms with Crippen LogP contribution in [0.15, 0.2) is 0 Å². The van der Waals surface area contributed by atoms with Crippen molar-refractivity contribution in [1.82, 2.24) is 0 Å². The molecule has 0 aromatic rings. The van der Waals surface area contributed by atoms with Crippen molar-refractivity contribution < 1.29 is 48.3 Å². The zero-order chi connectivity index (χ0) is 9.07. The third-order valence-electron chi connectivity index (χ3n) is 1.54. The molecule has 0 unspecified atom stereocenters. The standard InChI is InChI=1S/C6H14O4Si.Na/c1-6(2,5(7)8)11(9-3)10-4;/h11H,1-4H3,(H,7,8);/q;+1/p-1. The molecule has 0 aromatic carbocycles. The minimum atomic E-state index is -2.12. The number of hydrogen-bond acceptors (Lipinski definition) is 4. The fourth-order valence-corrected chi connectivity index (χ4v) is 2.35. The second-order valence-corrected chi connectivity index (χ2v) is 5.86. The summed E-state index contributed by atoms with van der Waals surface area (Å²) in [5, 5.41) is 9.56. The quantitative estimate of drug-likeness (QED) is 0.434. The van der Waals surface area contributed by atoms with Crippen LogP contribution in [0.2, 0.25) is 5.04 Å². The van der Waals surface area contributed by atoms with E-state index < -0.39 is 20.3 Å². The normalized spacial score (nSPS) is 11.1. The van der Waals surface area contributed by atoms with Gasteiger partial charge in [-0.25, -0.2) is 0 Å². The molecule has 0 aliphatic rings. The zero-order valence-electron chi connectivity index (χ0n) is 8.21. The fourth-order valence-electron chi connectivity index (χ4n) is 0.782. The summed E-state index contributed by atoms with van der Waals surface area (Å²) in [6.45, 7) is 3.10. The smallest absolute Gasteiger partial charge is 0.550 e. The van der Waals surface area contributed by atoms with E-state index in [1.807, 2.05) is 0 Å². The molecule has 0 bridgehead atoms. The number of carbonyl (C=O) groups is 1. The van der Waals surface area contributed by atoms with Crippen LogP contribution in [-0.2, 0) is 13.6 Å². The Morgan fingerprint density at radius 3 is 1.75 bits per heavy atom. The third-order valence-corrected chi connectivity index (χ3v) is 3.81. The molecule has 6 heteroatoms. The maximum atomic E-state index is 10.5. The van der Waals surface area contributed by atoms with Crippen molar-refractivity contribution >= 4 is 15.3 Å². The molecule has 0 aromatic heterocycles. The number of hydrogen-bond donors (Lipinski definition) is 0. The molecule has 0 saturated heterocycles. The first kappa shape index (κ1) is 15.1. The van der Waals surface area contributed by atoms with Crippen molar-refractivity contribution in [3.8, 4) is 0 Å². The predicted octanol–water partition coefficient (Wildman–Crippen LogP) is -3.97. The van der Waals surface area contributed by atoms with Crippen LogP contribution < -0.4 is 34.7 Å². The average Bonchev–Trinajstić information content (AvgIpc) is 1.89. The van der Waals surface area contributed by atoms with Crippen LogP contribution in [0.4, 0.5) is 0 Å². The Balaban J connectivity index is 0. The summed E-state index contributed by atoms with van der Waals surface area (Å²) < 4.78 is 9.84. The first-order valence-corrected chi connectivity index (χ1v) is 4.75. The van der Waals surface area contributed by atoms with Crippen LogP contribution in [0, 0.1) is 0 Å². The van der Waals surface area contributed by atoms with Crippen molar-refractivity contribution in [3.05, 3.63) is 0 Å². The number of carboxylic acids is 1. The summed E-state index contributed by atoms with van der Waals surface area (Å²) in [4.78, 5) is 10.5. The zero-order valence-corrected chi connectivity index (χ0v) is 11.4. The molecule has 0 aliphatic carbocycles. The SMILES string of the molecule is CO[SiH](OC)C(C)(C)C(=O)[O-].[Na+]. The van der Waals surface area contributed by atoms with Crippen molar-refractivity contribution in [3.63, 3.8) is 0 Å². The van der Waals surface area contributed by atoms with Gasteiger partial charge < -0.3 is 18.8 Å². The Morgan fingerprint density at radius 2 is 1.67 bits per heavy atom. The maximum Gasteiger partial charge on any atom is 1.00 e. The largest absolute Gasteiger partial charge is 1.00 e. The summed E-state index contributed by atoms with van der Waals surface area (Å²) >= 11 is 0. The molecule has 0 spiro atoms. The number of carbonyl (C=O) groups excluding carboxylic acids is 1. The summed E-state index contributed by atoms with van der Waals surface area (Å²) in [6, 6.07) is 0. The molecule has 66 valence electrons. The van der Waals surface area contributed by atoms with Crippen molar-refractivity contribution in [2.75, 3.05) is 14.2 Å². The minimum Gasteiger partial charge on any atom is -0.550 e. The molecule has 0 saturated carbocycles. The van der Waals surface area contributed by atoms with Gasteiger partial charge in [0.1, 0.15) is 0 Å². The van der Waals surface area contributed by atoms with Gasteiger partial charge >= 0.3 is 38.8 Å². The van der Waals surface area contributed by atoms with Crippen molar-refractivity contribution in [2.24, 2.45) is 0 Å². The van der Waals surface area contributed by atoms with Gasteiger partial charge in [0.05, 0.1) is 0 Å². The summed E-state index contributed by atoms with van der Waals surface area (Å²) in [5.74, 6) is -1.13. The Hall–Kier alpha value is 0.607.